The van der Waals surface area contributed by atoms with Gasteiger partial charge in [-0.15, -0.1) is 11.8 Å². The average molecular weight is 345 g/mol. The Hall–Kier alpha value is -0.420. The predicted molar refractivity (Wildman–Crippen MR) is 89.4 cm³/mol. The van der Waals surface area contributed by atoms with E-state index in [1.54, 1.807) is 17.8 Å². The third-order valence-corrected chi connectivity index (χ3v) is 5.91. The zero-order valence-corrected chi connectivity index (χ0v) is 14.2. The Morgan fingerprint density at radius 2 is 2.24 bits per heavy atom. The highest BCUT2D eigenvalue weighted by Crippen LogP contribution is 2.37. The van der Waals surface area contributed by atoms with E-state index in [0.717, 1.165) is 37.4 Å². The molecule has 2 unspecified atom stereocenters. The van der Waals surface area contributed by atoms with Crippen LogP contribution in [0.2, 0.25) is 10.0 Å². The summed E-state index contributed by atoms with van der Waals surface area (Å²) >= 11 is 14.2. The number of hydrogen-bond donors (Lipinski definition) is 1. The molecule has 1 fully saturated rings. The van der Waals surface area contributed by atoms with Crippen molar-refractivity contribution in [1.82, 2.24) is 10.2 Å². The van der Waals surface area contributed by atoms with Gasteiger partial charge in [0.2, 0.25) is 5.91 Å². The van der Waals surface area contributed by atoms with Crippen molar-refractivity contribution in [2.45, 2.75) is 24.6 Å². The minimum Gasteiger partial charge on any atom is -0.335 e. The van der Waals surface area contributed by atoms with Gasteiger partial charge in [0.25, 0.3) is 0 Å². The summed E-state index contributed by atoms with van der Waals surface area (Å²) in [5.41, 5.74) is 2.22. The van der Waals surface area contributed by atoms with Crippen LogP contribution in [0, 0.1) is 0 Å². The number of halogens is 2. The van der Waals surface area contributed by atoms with E-state index in [9.17, 15) is 4.79 Å². The summed E-state index contributed by atoms with van der Waals surface area (Å²) < 4.78 is 0. The third kappa shape index (κ3) is 3.04. The molecule has 2 aliphatic rings. The van der Waals surface area contributed by atoms with E-state index in [1.807, 2.05) is 11.0 Å². The van der Waals surface area contributed by atoms with E-state index in [4.69, 9.17) is 23.2 Å². The summed E-state index contributed by atoms with van der Waals surface area (Å²) in [4.78, 5) is 14.7. The Morgan fingerprint density at radius 3 is 2.95 bits per heavy atom. The second kappa shape index (κ2) is 6.37. The van der Waals surface area contributed by atoms with Gasteiger partial charge in [-0.2, -0.15) is 0 Å². The van der Waals surface area contributed by atoms with Crippen LogP contribution >= 0.6 is 35.0 Å². The third-order valence-electron chi connectivity index (χ3n) is 4.17. The zero-order chi connectivity index (χ0) is 15.0. The standard InChI is InChI=1S/C15H18Cl2N2OS/c1-9-14-10(6-11(16)7-12(14)17)2-4-19(9)15(20)13-8-18-3-5-21-13/h6-7,9,13,18H,2-5,8H2,1H3. The normalized spacial score (nSPS) is 25.6. The summed E-state index contributed by atoms with van der Waals surface area (Å²) in [7, 11) is 0. The fraction of sp³-hybridized carbons (Fsp3) is 0.533. The number of benzene rings is 1. The molecule has 3 nitrogen and oxygen atoms in total. The maximum atomic E-state index is 12.7. The van der Waals surface area contributed by atoms with Crippen LogP contribution in [0.5, 0.6) is 0 Å². The molecule has 3 rings (SSSR count). The van der Waals surface area contributed by atoms with Crippen LogP contribution in [0.15, 0.2) is 12.1 Å². The molecule has 1 aromatic carbocycles. The predicted octanol–water partition coefficient (Wildman–Crippen LogP) is 3.14. The van der Waals surface area contributed by atoms with Gasteiger partial charge in [0.1, 0.15) is 0 Å². The van der Waals surface area contributed by atoms with Gasteiger partial charge in [-0.25, -0.2) is 0 Å². The van der Waals surface area contributed by atoms with Crippen molar-refractivity contribution in [3.63, 3.8) is 0 Å². The lowest BCUT2D eigenvalue weighted by Gasteiger charge is -2.38. The smallest absolute Gasteiger partial charge is 0.237 e. The lowest BCUT2D eigenvalue weighted by molar-refractivity contribution is -0.133. The van der Waals surface area contributed by atoms with Gasteiger partial charge in [0, 0.05) is 35.4 Å². The molecule has 2 aliphatic heterocycles. The molecule has 21 heavy (non-hydrogen) atoms. The Labute approximate surface area is 139 Å². The van der Waals surface area contributed by atoms with Crippen molar-refractivity contribution in [2.75, 3.05) is 25.4 Å². The van der Waals surface area contributed by atoms with E-state index < -0.39 is 0 Å². The van der Waals surface area contributed by atoms with E-state index in [1.165, 1.54) is 5.56 Å². The molecule has 1 saturated heterocycles. The molecule has 1 N–H and O–H groups in total. The number of amides is 1. The van der Waals surface area contributed by atoms with Crippen molar-refractivity contribution in [3.05, 3.63) is 33.3 Å². The molecule has 0 radical (unpaired) electrons. The molecule has 0 aromatic heterocycles. The highest BCUT2D eigenvalue weighted by Gasteiger charge is 2.34. The first-order valence-corrected chi connectivity index (χ1v) is 8.99. The lowest BCUT2D eigenvalue weighted by Crippen LogP contribution is -2.48. The van der Waals surface area contributed by atoms with Gasteiger partial charge < -0.3 is 10.2 Å². The summed E-state index contributed by atoms with van der Waals surface area (Å²) in [6.07, 6.45) is 0.816. The molecule has 0 saturated carbocycles. The van der Waals surface area contributed by atoms with E-state index in [-0.39, 0.29) is 17.2 Å². The highest BCUT2D eigenvalue weighted by molar-refractivity contribution is 8.00. The van der Waals surface area contributed by atoms with Crippen molar-refractivity contribution < 1.29 is 4.79 Å². The number of carbonyl (C=O) groups is 1. The minimum absolute atomic E-state index is 0.00791. The second-order valence-corrected chi connectivity index (χ2v) is 7.64. The van der Waals surface area contributed by atoms with Crippen LogP contribution in [0.25, 0.3) is 0 Å². The Bertz CT molecular complexity index is 561. The molecule has 0 bridgehead atoms. The van der Waals surface area contributed by atoms with Crippen molar-refractivity contribution in [3.8, 4) is 0 Å². The summed E-state index contributed by atoms with van der Waals surface area (Å²) in [6.45, 7) is 4.53. The molecule has 0 spiro atoms. The summed E-state index contributed by atoms with van der Waals surface area (Å²) in [5, 5.41) is 4.65. The molecule has 1 amide bonds. The van der Waals surface area contributed by atoms with Crippen molar-refractivity contribution in [1.29, 1.82) is 0 Å². The Kier molecular flexibility index (Phi) is 4.69. The first-order chi connectivity index (χ1) is 10.1. The van der Waals surface area contributed by atoms with Gasteiger partial charge >= 0.3 is 0 Å². The topological polar surface area (TPSA) is 32.3 Å². The molecule has 1 aromatic rings. The van der Waals surface area contributed by atoms with Gasteiger partial charge in [-0.3, -0.25) is 4.79 Å². The van der Waals surface area contributed by atoms with E-state index in [0.29, 0.717) is 10.0 Å². The summed E-state index contributed by atoms with van der Waals surface area (Å²) in [6, 6.07) is 3.75. The quantitative estimate of drug-likeness (QED) is 0.849. The van der Waals surface area contributed by atoms with Gasteiger partial charge in [-0.05, 0) is 36.6 Å². The van der Waals surface area contributed by atoms with Crippen LogP contribution in [0.3, 0.4) is 0 Å². The average Bonchev–Trinajstić information content (AvgIpc) is 2.47. The number of carbonyl (C=O) groups excluding carboxylic acids is 1. The molecule has 2 atom stereocenters. The fourth-order valence-corrected chi connectivity index (χ4v) is 4.87. The van der Waals surface area contributed by atoms with E-state index >= 15 is 0 Å². The van der Waals surface area contributed by atoms with E-state index in [2.05, 4.69) is 12.2 Å². The lowest BCUT2D eigenvalue weighted by atomic mass is 9.93. The van der Waals surface area contributed by atoms with Crippen LogP contribution < -0.4 is 5.32 Å². The van der Waals surface area contributed by atoms with Gasteiger partial charge in [0.15, 0.2) is 0 Å². The minimum atomic E-state index is 0.00791. The van der Waals surface area contributed by atoms with Crippen molar-refractivity contribution in [2.24, 2.45) is 0 Å². The molecular formula is C15H18Cl2N2OS. The largest absolute Gasteiger partial charge is 0.335 e. The van der Waals surface area contributed by atoms with Gasteiger partial charge in [0.05, 0.1) is 11.3 Å². The maximum absolute atomic E-state index is 12.7. The molecular weight excluding hydrogens is 327 g/mol. The van der Waals surface area contributed by atoms with Gasteiger partial charge in [-0.1, -0.05) is 23.2 Å². The Balaban J connectivity index is 1.84. The number of rotatable bonds is 1. The molecule has 114 valence electrons. The summed E-state index contributed by atoms with van der Waals surface area (Å²) in [5.74, 6) is 1.21. The monoisotopic (exact) mass is 344 g/mol. The number of nitrogens with one attached hydrogen (secondary N) is 1. The maximum Gasteiger partial charge on any atom is 0.237 e. The first-order valence-electron chi connectivity index (χ1n) is 7.18. The van der Waals surface area contributed by atoms with Crippen LogP contribution in [0.4, 0.5) is 0 Å². The number of nitrogens with zero attached hydrogens (tertiary/aromatic N) is 1. The van der Waals surface area contributed by atoms with Crippen LogP contribution in [-0.2, 0) is 11.2 Å². The highest BCUT2D eigenvalue weighted by atomic mass is 35.5. The van der Waals surface area contributed by atoms with Crippen LogP contribution in [0.1, 0.15) is 24.1 Å². The SMILES string of the molecule is CC1c2c(Cl)cc(Cl)cc2CCN1C(=O)C1CNCCS1. The first kappa shape index (κ1) is 15.5. The molecule has 6 heteroatoms. The molecule has 2 heterocycles. The number of thioether (sulfide) groups is 1. The molecule has 0 aliphatic carbocycles. The Morgan fingerprint density at radius 1 is 1.43 bits per heavy atom. The zero-order valence-electron chi connectivity index (χ0n) is 11.9. The number of fused-ring (bicyclic) bond motifs is 1. The second-order valence-electron chi connectivity index (χ2n) is 5.48. The fourth-order valence-electron chi connectivity index (χ4n) is 3.11. The van der Waals surface area contributed by atoms with Crippen LogP contribution in [-0.4, -0.2) is 41.4 Å². The van der Waals surface area contributed by atoms with Crippen molar-refractivity contribution >= 4 is 40.9 Å². The number of hydrogen-bond acceptors (Lipinski definition) is 3.